The number of aliphatic hydroxyl groups excluding tert-OH is 1. The van der Waals surface area contributed by atoms with Gasteiger partial charge < -0.3 is 9.84 Å². The lowest BCUT2D eigenvalue weighted by molar-refractivity contribution is 0.0521. The SMILES string of the molecule is CC(C)C(O)C#CC1CCCCO1. The third-order valence-electron chi connectivity index (χ3n) is 2.20. The van der Waals surface area contributed by atoms with Crippen LogP contribution in [-0.4, -0.2) is 23.9 Å². The summed E-state index contributed by atoms with van der Waals surface area (Å²) in [5.74, 6) is 6.02. The second-order valence-electron chi connectivity index (χ2n) is 3.83. The van der Waals surface area contributed by atoms with Crippen LogP contribution in [0.3, 0.4) is 0 Å². The molecule has 1 N–H and O–H groups in total. The normalized spacial score (nSPS) is 25.1. The fourth-order valence-electron chi connectivity index (χ4n) is 1.20. The predicted molar refractivity (Wildman–Crippen MR) is 52.2 cm³/mol. The highest BCUT2D eigenvalue weighted by atomic mass is 16.5. The van der Waals surface area contributed by atoms with Crippen molar-refractivity contribution in [1.82, 2.24) is 0 Å². The van der Waals surface area contributed by atoms with Crippen LogP contribution in [0.1, 0.15) is 33.1 Å². The van der Waals surface area contributed by atoms with E-state index in [9.17, 15) is 5.11 Å². The van der Waals surface area contributed by atoms with E-state index in [-0.39, 0.29) is 12.0 Å². The lowest BCUT2D eigenvalue weighted by Gasteiger charge is -2.17. The van der Waals surface area contributed by atoms with Crippen LogP contribution in [0, 0.1) is 17.8 Å². The second-order valence-corrected chi connectivity index (χ2v) is 3.83. The fraction of sp³-hybridized carbons (Fsp3) is 0.818. The Labute approximate surface area is 80.3 Å². The molecule has 2 atom stereocenters. The van der Waals surface area contributed by atoms with E-state index in [0.717, 1.165) is 19.4 Å². The number of hydrogen-bond acceptors (Lipinski definition) is 2. The molecule has 2 heteroatoms. The lowest BCUT2D eigenvalue weighted by Crippen LogP contribution is -2.18. The smallest absolute Gasteiger partial charge is 0.118 e. The molecule has 1 rings (SSSR count). The van der Waals surface area contributed by atoms with Gasteiger partial charge in [0.15, 0.2) is 0 Å². The summed E-state index contributed by atoms with van der Waals surface area (Å²) in [7, 11) is 0. The van der Waals surface area contributed by atoms with Crippen molar-refractivity contribution in [3.8, 4) is 11.8 Å². The van der Waals surface area contributed by atoms with E-state index >= 15 is 0 Å². The van der Waals surface area contributed by atoms with Crippen molar-refractivity contribution >= 4 is 0 Å². The van der Waals surface area contributed by atoms with E-state index < -0.39 is 6.10 Å². The molecule has 0 aromatic rings. The van der Waals surface area contributed by atoms with Gasteiger partial charge >= 0.3 is 0 Å². The average molecular weight is 182 g/mol. The van der Waals surface area contributed by atoms with Crippen molar-refractivity contribution in [2.24, 2.45) is 5.92 Å². The van der Waals surface area contributed by atoms with E-state index in [1.54, 1.807) is 0 Å². The summed E-state index contributed by atoms with van der Waals surface area (Å²) in [4.78, 5) is 0. The quantitative estimate of drug-likeness (QED) is 0.624. The van der Waals surface area contributed by atoms with Gasteiger partial charge in [0.2, 0.25) is 0 Å². The van der Waals surface area contributed by atoms with Crippen molar-refractivity contribution in [1.29, 1.82) is 0 Å². The molecule has 1 fully saturated rings. The Morgan fingerprint density at radius 2 is 2.15 bits per heavy atom. The van der Waals surface area contributed by atoms with Gasteiger partial charge in [0.1, 0.15) is 12.2 Å². The first-order valence-corrected chi connectivity index (χ1v) is 5.01. The van der Waals surface area contributed by atoms with Crippen molar-refractivity contribution in [3.63, 3.8) is 0 Å². The summed E-state index contributed by atoms with van der Waals surface area (Å²) < 4.78 is 5.42. The minimum absolute atomic E-state index is 0.0575. The molecule has 0 radical (unpaired) electrons. The molecule has 13 heavy (non-hydrogen) atoms. The number of aliphatic hydroxyl groups is 1. The van der Waals surface area contributed by atoms with E-state index in [1.807, 2.05) is 13.8 Å². The standard InChI is InChI=1S/C11H18O2/c1-9(2)11(12)7-6-10-5-3-4-8-13-10/h9-12H,3-5,8H2,1-2H3. The first kappa shape index (κ1) is 10.6. The van der Waals surface area contributed by atoms with Gasteiger partial charge in [0.25, 0.3) is 0 Å². The van der Waals surface area contributed by atoms with Gasteiger partial charge in [-0.05, 0) is 25.2 Å². The molecule has 1 heterocycles. The maximum absolute atomic E-state index is 9.43. The van der Waals surface area contributed by atoms with Crippen LogP contribution in [0.15, 0.2) is 0 Å². The van der Waals surface area contributed by atoms with E-state index in [1.165, 1.54) is 6.42 Å². The molecule has 0 aromatic heterocycles. The number of ether oxygens (including phenoxy) is 1. The molecular formula is C11H18O2. The van der Waals surface area contributed by atoms with Crippen LogP contribution in [0.25, 0.3) is 0 Å². The molecule has 0 spiro atoms. The Hall–Kier alpha value is -0.520. The van der Waals surface area contributed by atoms with Crippen LogP contribution in [0.2, 0.25) is 0 Å². The summed E-state index contributed by atoms with van der Waals surface area (Å²) in [6.07, 6.45) is 2.90. The molecule has 2 unspecified atom stereocenters. The highest BCUT2D eigenvalue weighted by Crippen LogP contribution is 2.11. The van der Waals surface area contributed by atoms with Crippen molar-refractivity contribution in [3.05, 3.63) is 0 Å². The van der Waals surface area contributed by atoms with Crippen LogP contribution < -0.4 is 0 Å². The van der Waals surface area contributed by atoms with Crippen LogP contribution >= 0.6 is 0 Å². The molecule has 1 saturated heterocycles. The largest absolute Gasteiger partial charge is 0.380 e. The molecule has 1 aliphatic rings. The van der Waals surface area contributed by atoms with Crippen molar-refractivity contribution in [2.45, 2.75) is 45.3 Å². The van der Waals surface area contributed by atoms with Gasteiger partial charge in [0, 0.05) is 6.61 Å². The maximum Gasteiger partial charge on any atom is 0.118 e. The highest BCUT2D eigenvalue weighted by molar-refractivity contribution is 5.10. The molecule has 0 amide bonds. The zero-order valence-corrected chi connectivity index (χ0v) is 8.42. The van der Waals surface area contributed by atoms with Gasteiger partial charge in [0.05, 0.1) is 0 Å². The lowest BCUT2D eigenvalue weighted by atomic mass is 10.1. The molecule has 1 aliphatic heterocycles. The molecule has 0 aliphatic carbocycles. The van der Waals surface area contributed by atoms with Gasteiger partial charge in [-0.2, -0.15) is 0 Å². The van der Waals surface area contributed by atoms with Gasteiger partial charge in [-0.3, -0.25) is 0 Å². The zero-order chi connectivity index (χ0) is 9.68. The van der Waals surface area contributed by atoms with Gasteiger partial charge in [-0.15, -0.1) is 0 Å². The van der Waals surface area contributed by atoms with E-state index in [4.69, 9.17) is 4.74 Å². The van der Waals surface area contributed by atoms with E-state index in [2.05, 4.69) is 11.8 Å². The first-order valence-electron chi connectivity index (χ1n) is 5.01. The second kappa shape index (κ2) is 5.26. The summed E-state index contributed by atoms with van der Waals surface area (Å²) in [5.41, 5.74) is 0. The Bertz CT molecular complexity index is 194. The fourth-order valence-corrected chi connectivity index (χ4v) is 1.20. The Kier molecular flexibility index (Phi) is 4.27. The first-order chi connectivity index (χ1) is 6.20. The maximum atomic E-state index is 9.43. The molecular weight excluding hydrogens is 164 g/mol. The van der Waals surface area contributed by atoms with Gasteiger partial charge in [-0.1, -0.05) is 25.7 Å². The topological polar surface area (TPSA) is 29.5 Å². The minimum atomic E-state index is -0.509. The Morgan fingerprint density at radius 1 is 1.38 bits per heavy atom. The van der Waals surface area contributed by atoms with Crippen LogP contribution in [0.5, 0.6) is 0 Å². The molecule has 0 aromatic carbocycles. The third-order valence-corrected chi connectivity index (χ3v) is 2.20. The summed E-state index contributed by atoms with van der Waals surface area (Å²) in [5, 5.41) is 9.43. The molecule has 0 saturated carbocycles. The third kappa shape index (κ3) is 3.80. The van der Waals surface area contributed by atoms with Crippen LogP contribution in [-0.2, 0) is 4.74 Å². The number of hydrogen-bond donors (Lipinski definition) is 1. The highest BCUT2D eigenvalue weighted by Gasteiger charge is 2.11. The zero-order valence-electron chi connectivity index (χ0n) is 8.42. The summed E-state index contributed by atoms with van der Waals surface area (Å²) >= 11 is 0. The number of rotatable bonds is 1. The molecule has 74 valence electrons. The minimum Gasteiger partial charge on any atom is -0.380 e. The predicted octanol–water partition coefficient (Wildman–Crippen LogP) is 1.58. The van der Waals surface area contributed by atoms with Gasteiger partial charge in [-0.25, -0.2) is 0 Å². The molecule has 2 nitrogen and oxygen atoms in total. The van der Waals surface area contributed by atoms with Crippen LogP contribution in [0.4, 0.5) is 0 Å². The summed E-state index contributed by atoms with van der Waals surface area (Å²) in [6, 6.07) is 0. The Balaban J connectivity index is 2.36. The summed E-state index contributed by atoms with van der Waals surface area (Å²) in [6.45, 7) is 4.74. The molecule has 0 bridgehead atoms. The monoisotopic (exact) mass is 182 g/mol. The van der Waals surface area contributed by atoms with Crippen molar-refractivity contribution in [2.75, 3.05) is 6.61 Å². The van der Waals surface area contributed by atoms with Crippen molar-refractivity contribution < 1.29 is 9.84 Å². The average Bonchev–Trinajstić information content (AvgIpc) is 2.15. The van der Waals surface area contributed by atoms with E-state index in [0.29, 0.717) is 0 Å². The Morgan fingerprint density at radius 3 is 2.69 bits per heavy atom.